The Bertz CT molecular complexity index is 298. The lowest BCUT2D eigenvalue weighted by Crippen LogP contribution is -2.13. The van der Waals surface area contributed by atoms with E-state index in [0.717, 1.165) is 12.5 Å². The van der Waals surface area contributed by atoms with E-state index in [1.807, 2.05) is 0 Å². The number of rotatable bonds is 1. The minimum atomic E-state index is 0.562. The molecule has 2 atom stereocenters. The summed E-state index contributed by atoms with van der Waals surface area (Å²) in [5, 5.41) is 3.53. The van der Waals surface area contributed by atoms with E-state index in [1.54, 1.807) is 0 Å². The predicted molar refractivity (Wildman–Crippen MR) is 58.7 cm³/mol. The average Bonchev–Trinajstić information content (AvgIpc) is 2.52. The van der Waals surface area contributed by atoms with Crippen LogP contribution < -0.4 is 5.32 Å². The van der Waals surface area contributed by atoms with E-state index in [0.29, 0.717) is 6.04 Å². The first-order valence-electron chi connectivity index (χ1n) is 4.74. The standard InChI is InChI=1S/C11H14BrN/c1-8-5-11(13-7-8)9-3-2-4-10(12)6-9/h2-4,6,8,11,13H,5,7H2,1H3/t8-,11+/m0/s1. The quantitative estimate of drug-likeness (QED) is 0.795. The highest BCUT2D eigenvalue weighted by molar-refractivity contribution is 9.10. The van der Waals surface area contributed by atoms with Gasteiger partial charge in [-0.15, -0.1) is 0 Å². The van der Waals surface area contributed by atoms with Crippen LogP contribution >= 0.6 is 15.9 Å². The SMILES string of the molecule is C[C@@H]1CN[C@@H](c2cccc(Br)c2)C1. The number of hydrogen-bond donors (Lipinski definition) is 1. The van der Waals surface area contributed by atoms with Gasteiger partial charge < -0.3 is 5.32 Å². The Morgan fingerprint density at radius 3 is 2.92 bits per heavy atom. The van der Waals surface area contributed by atoms with Gasteiger partial charge in [-0.3, -0.25) is 0 Å². The zero-order chi connectivity index (χ0) is 9.26. The third-order valence-electron chi connectivity index (χ3n) is 2.60. The normalized spacial score (nSPS) is 27.8. The van der Waals surface area contributed by atoms with Crippen molar-refractivity contribution >= 4 is 15.9 Å². The first-order chi connectivity index (χ1) is 6.25. The first kappa shape index (κ1) is 9.22. The van der Waals surface area contributed by atoms with Crippen LogP contribution in [0.2, 0.25) is 0 Å². The zero-order valence-corrected chi connectivity index (χ0v) is 9.34. The Balaban J connectivity index is 2.16. The van der Waals surface area contributed by atoms with Gasteiger partial charge in [0, 0.05) is 10.5 Å². The van der Waals surface area contributed by atoms with E-state index in [4.69, 9.17) is 0 Å². The monoisotopic (exact) mass is 239 g/mol. The molecule has 0 spiro atoms. The van der Waals surface area contributed by atoms with E-state index in [-0.39, 0.29) is 0 Å². The Labute approximate surface area is 87.7 Å². The van der Waals surface area contributed by atoms with Crippen LogP contribution in [-0.2, 0) is 0 Å². The topological polar surface area (TPSA) is 12.0 Å². The van der Waals surface area contributed by atoms with E-state index < -0.39 is 0 Å². The molecule has 1 fully saturated rings. The van der Waals surface area contributed by atoms with Crippen molar-refractivity contribution < 1.29 is 0 Å². The molecule has 1 nitrogen and oxygen atoms in total. The summed E-state index contributed by atoms with van der Waals surface area (Å²) in [6, 6.07) is 9.13. The number of nitrogens with one attached hydrogen (secondary N) is 1. The smallest absolute Gasteiger partial charge is 0.0323 e. The molecule has 13 heavy (non-hydrogen) atoms. The summed E-state index contributed by atoms with van der Waals surface area (Å²) in [4.78, 5) is 0. The van der Waals surface area contributed by atoms with E-state index >= 15 is 0 Å². The van der Waals surface area contributed by atoms with E-state index in [2.05, 4.69) is 52.4 Å². The predicted octanol–water partition coefficient (Wildman–Crippen LogP) is 3.12. The Morgan fingerprint density at radius 1 is 1.46 bits per heavy atom. The largest absolute Gasteiger partial charge is 0.310 e. The Morgan fingerprint density at radius 2 is 2.31 bits per heavy atom. The Hall–Kier alpha value is -0.340. The van der Waals surface area contributed by atoms with Gasteiger partial charge in [0.15, 0.2) is 0 Å². The second-order valence-corrected chi connectivity index (χ2v) is 4.77. The van der Waals surface area contributed by atoms with Crippen LogP contribution in [0, 0.1) is 5.92 Å². The maximum Gasteiger partial charge on any atom is 0.0323 e. The highest BCUT2D eigenvalue weighted by atomic mass is 79.9. The molecule has 2 heteroatoms. The second-order valence-electron chi connectivity index (χ2n) is 3.86. The molecule has 0 amide bonds. The number of hydrogen-bond acceptors (Lipinski definition) is 1. The highest BCUT2D eigenvalue weighted by Crippen LogP contribution is 2.27. The lowest BCUT2D eigenvalue weighted by Gasteiger charge is -2.10. The van der Waals surface area contributed by atoms with Gasteiger partial charge in [-0.1, -0.05) is 35.0 Å². The van der Waals surface area contributed by atoms with E-state index in [1.165, 1.54) is 16.5 Å². The van der Waals surface area contributed by atoms with Gasteiger partial charge in [0.1, 0.15) is 0 Å². The molecule has 1 heterocycles. The molecule has 0 radical (unpaired) electrons. The summed E-state index contributed by atoms with van der Waals surface area (Å²) in [5.74, 6) is 0.809. The minimum absolute atomic E-state index is 0.562. The molecule has 1 aliphatic heterocycles. The van der Waals surface area contributed by atoms with Gasteiger partial charge in [-0.05, 0) is 36.6 Å². The molecule has 1 aromatic rings. The maximum absolute atomic E-state index is 3.53. The highest BCUT2D eigenvalue weighted by Gasteiger charge is 2.21. The summed E-state index contributed by atoms with van der Waals surface area (Å²) in [6.45, 7) is 3.45. The average molecular weight is 240 g/mol. The lowest BCUT2D eigenvalue weighted by atomic mass is 10.0. The summed E-state index contributed by atoms with van der Waals surface area (Å²) < 4.78 is 1.17. The molecule has 0 bridgehead atoms. The Kier molecular flexibility index (Phi) is 2.70. The van der Waals surface area contributed by atoms with Crippen molar-refractivity contribution in [1.29, 1.82) is 0 Å². The van der Waals surface area contributed by atoms with Crippen molar-refractivity contribution in [3.05, 3.63) is 34.3 Å². The lowest BCUT2D eigenvalue weighted by molar-refractivity contribution is 0.611. The molecular formula is C11H14BrN. The molecule has 0 aliphatic carbocycles. The molecule has 1 saturated heterocycles. The van der Waals surface area contributed by atoms with Crippen molar-refractivity contribution in [3.63, 3.8) is 0 Å². The summed E-state index contributed by atoms with van der Waals surface area (Å²) in [7, 11) is 0. The third-order valence-corrected chi connectivity index (χ3v) is 3.10. The second kappa shape index (κ2) is 3.81. The van der Waals surface area contributed by atoms with Gasteiger partial charge in [-0.2, -0.15) is 0 Å². The minimum Gasteiger partial charge on any atom is -0.310 e. The van der Waals surface area contributed by atoms with Crippen LogP contribution in [0.5, 0.6) is 0 Å². The third kappa shape index (κ3) is 2.12. The molecule has 70 valence electrons. The molecule has 2 rings (SSSR count). The fraction of sp³-hybridized carbons (Fsp3) is 0.455. The van der Waals surface area contributed by atoms with Crippen molar-refractivity contribution in [2.24, 2.45) is 5.92 Å². The van der Waals surface area contributed by atoms with Gasteiger partial charge in [-0.25, -0.2) is 0 Å². The van der Waals surface area contributed by atoms with Crippen molar-refractivity contribution in [1.82, 2.24) is 5.32 Å². The summed E-state index contributed by atoms with van der Waals surface area (Å²) in [6.07, 6.45) is 1.26. The molecule has 0 unspecified atom stereocenters. The fourth-order valence-corrected chi connectivity index (χ4v) is 2.31. The molecule has 0 aromatic heterocycles. The van der Waals surface area contributed by atoms with Crippen molar-refractivity contribution in [2.45, 2.75) is 19.4 Å². The zero-order valence-electron chi connectivity index (χ0n) is 7.76. The molecule has 1 aromatic carbocycles. The van der Waals surface area contributed by atoms with Gasteiger partial charge in [0.25, 0.3) is 0 Å². The van der Waals surface area contributed by atoms with Crippen molar-refractivity contribution in [2.75, 3.05) is 6.54 Å². The van der Waals surface area contributed by atoms with Crippen molar-refractivity contribution in [3.8, 4) is 0 Å². The summed E-state index contributed by atoms with van der Waals surface area (Å²) in [5.41, 5.74) is 1.40. The van der Waals surface area contributed by atoms with E-state index in [9.17, 15) is 0 Å². The van der Waals surface area contributed by atoms with Crippen LogP contribution in [0.15, 0.2) is 28.7 Å². The van der Waals surface area contributed by atoms with Gasteiger partial charge >= 0.3 is 0 Å². The van der Waals surface area contributed by atoms with Crippen LogP contribution in [-0.4, -0.2) is 6.54 Å². The number of halogens is 1. The van der Waals surface area contributed by atoms with Crippen LogP contribution in [0.25, 0.3) is 0 Å². The molecule has 1 N–H and O–H groups in total. The van der Waals surface area contributed by atoms with Gasteiger partial charge in [0.2, 0.25) is 0 Å². The van der Waals surface area contributed by atoms with Crippen LogP contribution in [0.3, 0.4) is 0 Å². The first-order valence-corrected chi connectivity index (χ1v) is 5.54. The molecule has 0 saturated carbocycles. The fourth-order valence-electron chi connectivity index (χ4n) is 1.89. The van der Waals surface area contributed by atoms with Crippen LogP contribution in [0.1, 0.15) is 24.9 Å². The number of benzene rings is 1. The van der Waals surface area contributed by atoms with Gasteiger partial charge in [0.05, 0.1) is 0 Å². The summed E-state index contributed by atoms with van der Waals surface area (Å²) >= 11 is 3.50. The van der Waals surface area contributed by atoms with Crippen LogP contribution in [0.4, 0.5) is 0 Å². The molecular weight excluding hydrogens is 226 g/mol. The molecule has 1 aliphatic rings. The maximum atomic E-state index is 3.53.